The molecule has 1 heterocycles. The molecule has 0 aliphatic rings. The summed E-state index contributed by atoms with van der Waals surface area (Å²) in [7, 11) is 0. The van der Waals surface area contributed by atoms with E-state index in [0.717, 1.165) is 6.07 Å². The van der Waals surface area contributed by atoms with Gasteiger partial charge >= 0.3 is 5.69 Å². The van der Waals surface area contributed by atoms with Crippen molar-refractivity contribution in [1.82, 2.24) is 15.3 Å². The van der Waals surface area contributed by atoms with Crippen molar-refractivity contribution in [1.29, 1.82) is 0 Å². The molecular formula is C10H15N3O5. The zero-order valence-electron chi connectivity index (χ0n) is 9.82. The van der Waals surface area contributed by atoms with Crippen molar-refractivity contribution in [3.05, 3.63) is 32.6 Å². The monoisotopic (exact) mass is 257 g/mol. The van der Waals surface area contributed by atoms with E-state index in [0.29, 0.717) is 6.42 Å². The summed E-state index contributed by atoms with van der Waals surface area (Å²) in [4.78, 5) is 37.9. The van der Waals surface area contributed by atoms with Gasteiger partial charge in [-0.3, -0.25) is 14.6 Å². The number of aromatic nitrogens is 2. The Morgan fingerprint density at radius 2 is 1.94 bits per heavy atom. The lowest BCUT2D eigenvalue weighted by Crippen LogP contribution is -2.54. The minimum atomic E-state index is -1.18. The van der Waals surface area contributed by atoms with Gasteiger partial charge in [0.25, 0.3) is 11.5 Å². The Kier molecular flexibility index (Phi) is 4.40. The smallest absolute Gasteiger partial charge is 0.326 e. The molecule has 0 atom stereocenters. The molecule has 0 aliphatic heterocycles. The van der Waals surface area contributed by atoms with Crippen LogP contribution in [-0.4, -0.2) is 44.8 Å². The predicted octanol–water partition coefficient (Wildman–Crippen LogP) is -2.07. The topological polar surface area (TPSA) is 135 Å². The Hall–Kier alpha value is -1.93. The van der Waals surface area contributed by atoms with Crippen LogP contribution in [-0.2, 0) is 0 Å². The second-order valence-electron chi connectivity index (χ2n) is 3.91. The average molecular weight is 257 g/mol. The quantitative estimate of drug-likeness (QED) is 0.413. The van der Waals surface area contributed by atoms with Gasteiger partial charge in [0.15, 0.2) is 0 Å². The minimum Gasteiger partial charge on any atom is -0.394 e. The Morgan fingerprint density at radius 3 is 2.39 bits per heavy atom. The molecule has 0 saturated carbocycles. The van der Waals surface area contributed by atoms with Crippen LogP contribution in [0.5, 0.6) is 0 Å². The summed E-state index contributed by atoms with van der Waals surface area (Å²) in [5.74, 6) is -0.747. The Morgan fingerprint density at radius 1 is 1.33 bits per heavy atom. The van der Waals surface area contributed by atoms with E-state index in [1.807, 2.05) is 4.98 Å². The SMILES string of the molecule is CCC(CO)(CO)NC(=O)c1cc(=O)[nH]c(=O)[nH]1. The fraction of sp³-hybridized carbons (Fsp3) is 0.500. The molecule has 5 N–H and O–H groups in total. The van der Waals surface area contributed by atoms with Gasteiger partial charge in [0.1, 0.15) is 5.69 Å². The van der Waals surface area contributed by atoms with Crippen LogP contribution in [0.15, 0.2) is 15.7 Å². The van der Waals surface area contributed by atoms with E-state index >= 15 is 0 Å². The zero-order chi connectivity index (χ0) is 13.8. The Labute approximate surface area is 102 Å². The van der Waals surface area contributed by atoms with Crippen LogP contribution in [0.2, 0.25) is 0 Å². The lowest BCUT2D eigenvalue weighted by molar-refractivity contribution is 0.0648. The lowest BCUT2D eigenvalue weighted by atomic mass is 9.98. The number of aliphatic hydroxyl groups excluding tert-OH is 2. The van der Waals surface area contributed by atoms with E-state index in [1.165, 1.54) is 0 Å². The van der Waals surface area contributed by atoms with Gasteiger partial charge in [0.2, 0.25) is 0 Å². The van der Waals surface area contributed by atoms with Crippen LogP contribution < -0.4 is 16.6 Å². The molecule has 0 saturated heterocycles. The molecular weight excluding hydrogens is 242 g/mol. The highest BCUT2D eigenvalue weighted by Gasteiger charge is 2.29. The third-order valence-electron chi connectivity index (χ3n) is 2.67. The Balaban J connectivity index is 3.01. The number of carbonyl (C=O) groups is 1. The standard InChI is InChI=1S/C10H15N3O5/c1-2-10(4-14,5-15)13-8(17)6-3-7(16)12-9(18)11-6/h3,14-15H,2,4-5H2,1H3,(H,13,17)(H2,11,12,16,18). The normalized spacial score (nSPS) is 11.3. The highest BCUT2D eigenvalue weighted by atomic mass is 16.3. The van der Waals surface area contributed by atoms with Gasteiger partial charge in [-0.25, -0.2) is 4.79 Å². The molecule has 0 unspecified atom stereocenters. The van der Waals surface area contributed by atoms with E-state index in [1.54, 1.807) is 6.92 Å². The van der Waals surface area contributed by atoms with Crippen LogP contribution in [0.1, 0.15) is 23.8 Å². The molecule has 100 valence electrons. The van der Waals surface area contributed by atoms with Crippen LogP contribution in [0.3, 0.4) is 0 Å². The number of aliphatic hydroxyl groups is 2. The van der Waals surface area contributed by atoms with Crippen molar-refractivity contribution >= 4 is 5.91 Å². The van der Waals surface area contributed by atoms with Crippen LogP contribution in [0, 0.1) is 0 Å². The number of aromatic amines is 2. The highest BCUT2D eigenvalue weighted by Crippen LogP contribution is 2.08. The van der Waals surface area contributed by atoms with Gasteiger partial charge in [-0.2, -0.15) is 0 Å². The van der Waals surface area contributed by atoms with Crippen LogP contribution in [0.4, 0.5) is 0 Å². The summed E-state index contributed by atoms with van der Waals surface area (Å²) in [6, 6.07) is 0.923. The van der Waals surface area contributed by atoms with E-state index in [4.69, 9.17) is 10.2 Å². The first-order chi connectivity index (χ1) is 8.46. The fourth-order valence-electron chi connectivity index (χ4n) is 1.34. The number of nitrogens with one attached hydrogen (secondary N) is 3. The summed E-state index contributed by atoms with van der Waals surface area (Å²) < 4.78 is 0. The van der Waals surface area contributed by atoms with Crippen molar-refractivity contribution in [3.8, 4) is 0 Å². The van der Waals surface area contributed by atoms with Gasteiger partial charge in [-0.1, -0.05) is 6.92 Å². The van der Waals surface area contributed by atoms with Crippen LogP contribution in [0.25, 0.3) is 0 Å². The predicted molar refractivity (Wildman–Crippen MR) is 62.3 cm³/mol. The molecule has 0 bridgehead atoms. The number of H-pyrrole nitrogens is 2. The summed E-state index contributed by atoms with van der Waals surface area (Å²) in [6.07, 6.45) is 0.291. The van der Waals surface area contributed by atoms with Crippen molar-refractivity contribution in [3.63, 3.8) is 0 Å². The first kappa shape index (κ1) is 14.1. The number of rotatable bonds is 5. The summed E-state index contributed by atoms with van der Waals surface area (Å²) in [5.41, 5.74) is -2.93. The minimum absolute atomic E-state index is 0.233. The van der Waals surface area contributed by atoms with Crippen molar-refractivity contribution in [2.75, 3.05) is 13.2 Å². The summed E-state index contributed by atoms with van der Waals surface area (Å²) >= 11 is 0. The molecule has 8 nitrogen and oxygen atoms in total. The third-order valence-corrected chi connectivity index (χ3v) is 2.67. The van der Waals surface area contributed by atoms with Gasteiger partial charge in [-0.15, -0.1) is 0 Å². The molecule has 1 aromatic rings. The second-order valence-corrected chi connectivity index (χ2v) is 3.91. The maximum Gasteiger partial charge on any atom is 0.326 e. The van der Waals surface area contributed by atoms with E-state index in [-0.39, 0.29) is 5.69 Å². The molecule has 0 spiro atoms. The molecule has 8 heteroatoms. The molecule has 0 radical (unpaired) electrons. The van der Waals surface area contributed by atoms with Crippen molar-refractivity contribution in [2.45, 2.75) is 18.9 Å². The maximum absolute atomic E-state index is 11.8. The molecule has 1 rings (SSSR count). The molecule has 18 heavy (non-hydrogen) atoms. The number of amides is 1. The van der Waals surface area contributed by atoms with Crippen molar-refractivity contribution in [2.24, 2.45) is 0 Å². The third kappa shape index (κ3) is 3.05. The van der Waals surface area contributed by atoms with E-state index in [9.17, 15) is 14.4 Å². The number of carbonyl (C=O) groups excluding carboxylic acids is 1. The Bertz CT molecular complexity index is 492. The van der Waals surface area contributed by atoms with E-state index < -0.39 is 35.9 Å². The van der Waals surface area contributed by atoms with Crippen molar-refractivity contribution < 1.29 is 15.0 Å². The van der Waals surface area contributed by atoms with Gasteiger partial charge in [-0.05, 0) is 6.42 Å². The lowest BCUT2D eigenvalue weighted by Gasteiger charge is -2.29. The fourth-order valence-corrected chi connectivity index (χ4v) is 1.34. The van der Waals surface area contributed by atoms with Gasteiger partial charge in [0.05, 0.1) is 18.8 Å². The molecule has 1 amide bonds. The zero-order valence-corrected chi connectivity index (χ0v) is 9.82. The largest absolute Gasteiger partial charge is 0.394 e. The first-order valence-corrected chi connectivity index (χ1v) is 5.34. The van der Waals surface area contributed by atoms with E-state index in [2.05, 4.69) is 10.3 Å². The summed E-state index contributed by atoms with van der Waals surface area (Å²) in [6.45, 7) is 0.756. The van der Waals surface area contributed by atoms with Gasteiger partial charge < -0.3 is 20.5 Å². The van der Waals surface area contributed by atoms with Gasteiger partial charge in [0, 0.05) is 6.07 Å². The first-order valence-electron chi connectivity index (χ1n) is 5.34. The number of hydrogen-bond acceptors (Lipinski definition) is 5. The summed E-state index contributed by atoms with van der Waals surface area (Å²) in [5, 5.41) is 20.7. The molecule has 0 aliphatic carbocycles. The highest BCUT2D eigenvalue weighted by molar-refractivity contribution is 5.92. The maximum atomic E-state index is 11.8. The molecule has 0 fully saturated rings. The molecule has 1 aromatic heterocycles. The molecule has 0 aromatic carbocycles. The van der Waals surface area contributed by atoms with Crippen LogP contribution >= 0.6 is 0 Å². The second kappa shape index (κ2) is 5.61. The average Bonchev–Trinajstić information content (AvgIpc) is 2.35. The number of hydrogen-bond donors (Lipinski definition) is 5.